The van der Waals surface area contributed by atoms with Crippen molar-refractivity contribution in [3.63, 3.8) is 0 Å². The number of halogens is 2. The summed E-state index contributed by atoms with van der Waals surface area (Å²) in [7, 11) is 0. The SMILES string of the molecule is C[C@@]1(C#N)COCc2ccc(C(=O)NCc3cc4nc(-n5cc(F)c(Br)n5)ccc4cn3)cc21. The first-order valence-electron chi connectivity index (χ1n) is 10.4. The first kappa shape index (κ1) is 22.1. The van der Waals surface area contributed by atoms with Crippen LogP contribution in [0.5, 0.6) is 0 Å². The van der Waals surface area contributed by atoms with E-state index in [-0.39, 0.29) is 17.1 Å². The number of rotatable bonds is 4. The Kier molecular flexibility index (Phi) is 5.59. The van der Waals surface area contributed by atoms with Crippen LogP contribution in [0.15, 0.2) is 53.4 Å². The van der Waals surface area contributed by atoms with E-state index in [4.69, 9.17) is 4.74 Å². The Morgan fingerprint density at radius 3 is 2.97 bits per heavy atom. The normalized spacial score (nSPS) is 17.2. The van der Waals surface area contributed by atoms with Gasteiger partial charge in [-0.25, -0.2) is 14.1 Å². The number of carbonyl (C=O) groups is 1. The fourth-order valence-electron chi connectivity index (χ4n) is 3.89. The molecule has 8 nitrogen and oxygen atoms in total. The summed E-state index contributed by atoms with van der Waals surface area (Å²) in [6.07, 6.45) is 2.91. The fraction of sp³-hybridized carbons (Fsp3) is 0.208. The van der Waals surface area contributed by atoms with Crippen molar-refractivity contribution in [3.8, 4) is 11.9 Å². The van der Waals surface area contributed by atoms with Crippen molar-refractivity contribution in [2.45, 2.75) is 25.5 Å². The maximum Gasteiger partial charge on any atom is 0.251 e. The number of amides is 1. The Balaban J connectivity index is 1.35. The summed E-state index contributed by atoms with van der Waals surface area (Å²) in [4.78, 5) is 21.8. The number of pyridine rings is 2. The van der Waals surface area contributed by atoms with Crippen LogP contribution >= 0.6 is 15.9 Å². The van der Waals surface area contributed by atoms with Crippen molar-refractivity contribution in [1.29, 1.82) is 5.26 Å². The van der Waals surface area contributed by atoms with Crippen LogP contribution in [0.1, 0.15) is 34.1 Å². The maximum absolute atomic E-state index is 13.6. The average Bonchev–Trinajstić information content (AvgIpc) is 3.20. The summed E-state index contributed by atoms with van der Waals surface area (Å²) in [5.41, 5.74) is 2.66. The number of aromatic nitrogens is 4. The van der Waals surface area contributed by atoms with Gasteiger partial charge < -0.3 is 10.1 Å². The molecule has 0 bridgehead atoms. The molecule has 5 rings (SSSR count). The van der Waals surface area contributed by atoms with Gasteiger partial charge in [0.1, 0.15) is 5.41 Å². The molecule has 1 amide bonds. The molecule has 3 aromatic heterocycles. The van der Waals surface area contributed by atoms with Gasteiger partial charge in [0.25, 0.3) is 5.91 Å². The number of nitrogens with zero attached hydrogens (tertiary/aromatic N) is 5. The number of nitrogens with one attached hydrogen (secondary N) is 1. The zero-order valence-corrected chi connectivity index (χ0v) is 19.6. The molecule has 1 aliphatic heterocycles. The Morgan fingerprint density at radius 2 is 2.21 bits per heavy atom. The molecule has 170 valence electrons. The first-order chi connectivity index (χ1) is 16.4. The third-order valence-electron chi connectivity index (χ3n) is 5.77. The van der Waals surface area contributed by atoms with Gasteiger partial charge in [-0.15, -0.1) is 0 Å². The van der Waals surface area contributed by atoms with E-state index in [1.54, 1.807) is 30.5 Å². The fourth-order valence-corrected chi connectivity index (χ4v) is 4.16. The van der Waals surface area contributed by atoms with Crippen LogP contribution in [0.2, 0.25) is 0 Å². The molecule has 1 N–H and O–H groups in total. The molecule has 0 saturated heterocycles. The van der Waals surface area contributed by atoms with Gasteiger partial charge in [-0.05, 0) is 64.3 Å². The van der Waals surface area contributed by atoms with E-state index in [9.17, 15) is 14.4 Å². The van der Waals surface area contributed by atoms with Gasteiger partial charge in [0.2, 0.25) is 0 Å². The molecule has 4 aromatic rings. The molecular formula is C24H18BrFN6O2. The van der Waals surface area contributed by atoms with E-state index in [1.807, 2.05) is 19.1 Å². The number of hydrogen-bond acceptors (Lipinski definition) is 6. The van der Waals surface area contributed by atoms with E-state index in [0.717, 1.165) is 16.5 Å². The van der Waals surface area contributed by atoms with Crippen LogP contribution in [0.3, 0.4) is 0 Å². The highest BCUT2D eigenvalue weighted by atomic mass is 79.9. The molecule has 1 aromatic carbocycles. The Morgan fingerprint density at radius 1 is 1.35 bits per heavy atom. The van der Waals surface area contributed by atoms with Gasteiger partial charge in [-0.1, -0.05) is 6.07 Å². The highest BCUT2D eigenvalue weighted by Gasteiger charge is 2.33. The monoisotopic (exact) mass is 520 g/mol. The largest absolute Gasteiger partial charge is 0.375 e. The smallest absolute Gasteiger partial charge is 0.251 e. The molecule has 0 fully saturated rings. The summed E-state index contributed by atoms with van der Waals surface area (Å²) in [5.74, 6) is -0.295. The van der Waals surface area contributed by atoms with Gasteiger partial charge in [-0.3, -0.25) is 9.78 Å². The van der Waals surface area contributed by atoms with E-state index in [2.05, 4.69) is 42.4 Å². The molecule has 0 aliphatic carbocycles. The van der Waals surface area contributed by atoms with E-state index >= 15 is 0 Å². The summed E-state index contributed by atoms with van der Waals surface area (Å²) >= 11 is 3.05. The molecule has 0 unspecified atom stereocenters. The summed E-state index contributed by atoms with van der Waals surface area (Å²) in [5, 5.41) is 17.3. The minimum Gasteiger partial charge on any atom is -0.375 e. The Hall–Kier alpha value is -3.68. The molecule has 4 heterocycles. The molecule has 10 heteroatoms. The topological polar surface area (TPSA) is 106 Å². The summed E-state index contributed by atoms with van der Waals surface area (Å²) in [6, 6.07) is 12.9. The van der Waals surface area contributed by atoms with Gasteiger partial charge in [-0.2, -0.15) is 10.4 Å². The van der Waals surface area contributed by atoms with Crippen molar-refractivity contribution >= 4 is 32.7 Å². The average molecular weight is 521 g/mol. The van der Waals surface area contributed by atoms with Gasteiger partial charge in [0.05, 0.1) is 43.2 Å². The lowest BCUT2D eigenvalue weighted by Crippen LogP contribution is -2.33. The molecule has 0 radical (unpaired) electrons. The standard InChI is InChI=1S/C24H18BrFN6O2/c1-24(12-27)13-34-11-16-3-2-14(6-18(16)24)23(33)29-9-17-7-20-15(8-28-17)4-5-21(30-20)32-10-19(26)22(25)31-32/h2-8,10H,9,11,13H2,1H3,(H,29,33)/t24-/m1/s1. The first-order valence-corrected chi connectivity index (χ1v) is 11.2. The molecule has 0 saturated carbocycles. The summed E-state index contributed by atoms with van der Waals surface area (Å²) < 4.78 is 20.6. The van der Waals surface area contributed by atoms with Crippen molar-refractivity contribution < 1.29 is 13.9 Å². The number of ether oxygens (including phenoxy) is 1. The van der Waals surface area contributed by atoms with Gasteiger partial charge in [0.15, 0.2) is 16.2 Å². The Bertz CT molecular complexity index is 1460. The number of nitriles is 1. The zero-order chi connectivity index (χ0) is 23.9. The minimum absolute atomic E-state index is 0.109. The second kappa shape index (κ2) is 8.59. The van der Waals surface area contributed by atoms with Crippen molar-refractivity contribution in [1.82, 2.24) is 25.1 Å². The Labute approximate surface area is 202 Å². The molecule has 34 heavy (non-hydrogen) atoms. The lowest BCUT2D eigenvalue weighted by atomic mass is 9.79. The third kappa shape index (κ3) is 4.04. The van der Waals surface area contributed by atoms with Crippen molar-refractivity contribution in [2.24, 2.45) is 0 Å². The van der Waals surface area contributed by atoms with Gasteiger partial charge in [0, 0.05) is 17.1 Å². The van der Waals surface area contributed by atoms with Crippen molar-refractivity contribution in [2.75, 3.05) is 6.61 Å². The minimum atomic E-state index is -0.791. The highest BCUT2D eigenvalue weighted by Crippen LogP contribution is 2.32. The van der Waals surface area contributed by atoms with E-state index in [1.165, 1.54) is 10.9 Å². The third-order valence-corrected chi connectivity index (χ3v) is 6.31. The summed E-state index contributed by atoms with van der Waals surface area (Å²) in [6.45, 7) is 2.72. The van der Waals surface area contributed by atoms with E-state index in [0.29, 0.717) is 35.8 Å². The predicted molar refractivity (Wildman–Crippen MR) is 125 cm³/mol. The lowest BCUT2D eigenvalue weighted by molar-refractivity contribution is 0.0757. The highest BCUT2D eigenvalue weighted by molar-refractivity contribution is 9.10. The van der Waals surface area contributed by atoms with Gasteiger partial charge >= 0.3 is 0 Å². The van der Waals surface area contributed by atoms with Crippen LogP contribution in [-0.2, 0) is 23.3 Å². The zero-order valence-electron chi connectivity index (χ0n) is 18.0. The quantitative estimate of drug-likeness (QED) is 0.436. The number of carbonyl (C=O) groups excluding carboxylic acids is 1. The van der Waals surface area contributed by atoms with Crippen LogP contribution in [-0.4, -0.2) is 32.3 Å². The van der Waals surface area contributed by atoms with Crippen molar-refractivity contribution in [3.05, 3.63) is 81.6 Å². The maximum atomic E-state index is 13.6. The number of hydrogen-bond donors (Lipinski definition) is 1. The van der Waals surface area contributed by atoms with Crippen LogP contribution in [0, 0.1) is 17.1 Å². The molecule has 1 aliphatic rings. The second-order valence-corrected chi connectivity index (χ2v) is 8.99. The van der Waals surface area contributed by atoms with Crippen LogP contribution < -0.4 is 5.32 Å². The lowest BCUT2D eigenvalue weighted by Gasteiger charge is -2.30. The second-order valence-electron chi connectivity index (χ2n) is 8.24. The molecule has 1 atom stereocenters. The van der Waals surface area contributed by atoms with E-state index < -0.39 is 11.2 Å². The van der Waals surface area contributed by atoms with Crippen LogP contribution in [0.25, 0.3) is 16.7 Å². The predicted octanol–water partition coefficient (Wildman–Crippen LogP) is 3.96. The number of fused-ring (bicyclic) bond motifs is 2. The van der Waals surface area contributed by atoms with Crippen LogP contribution in [0.4, 0.5) is 4.39 Å². The molecular weight excluding hydrogens is 503 g/mol. The molecule has 0 spiro atoms. The number of benzene rings is 1.